The van der Waals surface area contributed by atoms with Gasteiger partial charge in [-0.05, 0) is 16.9 Å². The van der Waals surface area contributed by atoms with Gasteiger partial charge in [0.1, 0.15) is 6.04 Å². The van der Waals surface area contributed by atoms with Crippen LogP contribution < -0.4 is 5.32 Å². The molecule has 0 radical (unpaired) electrons. The minimum atomic E-state index is -1.02. The number of nitrogens with zero attached hydrogens (tertiary/aromatic N) is 1. The third kappa shape index (κ3) is 4.55. The van der Waals surface area contributed by atoms with Crippen molar-refractivity contribution in [3.8, 4) is 0 Å². The third-order valence-corrected chi connectivity index (χ3v) is 3.56. The number of thiophene rings is 1. The fraction of sp³-hybridized carbons (Fsp3) is 0.538. The number of nitrogens with one attached hydrogen (secondary N) is 1. The summed E-state index contributed by atoms with van der Waals surface area (Å²) in [6, 6.07) is 2.56. The van der Waals surface area contributed by atoms with Crippen LogP contribution in [0.4, 0.5) is 4.79 Å². The van der Waals surface area contributed by atoms with E-state index in [2.05, 4.69) is 5.32 Å². The minimum absolute atomic E-state index is 0.379. The molecule has 106 valence electrons. The summed E-state index contributed by atoms with van der Waals surface area (Å²) in [6.07, 6.45) is 0. The quantitative estimate of drug-likeness (QED) is 0.892. The molecule has 0 aliphatic carbocycles. The molecule has 1 heterocycles. The summed E-state index contributed by atoms with van der Waals surface area (Å²) < 4.78 is 0. The minimum Gasteiger partial charge on any atom is -0.480 e. The van der Waals surface area contributed by atoms with Gasteiger partial charge in [0.05, 0.1) is 6.54 Å². The maximum absolute atomic E-state index is 12.0. The van der Waals surface area contributed by atoms with E-state index in [1.165, 1.54) is 4.90 Å². The summed E-state index contributed by atoms with van der Waals surface area (Å²) in [4.78, 5) is 25.7. The zero-order valence-corrected chi connectivity index (χ0v) is 12.5. The molecule has 0 aromatic carbocycles. The van der Waals surface area contributed by atoms with E-state index in [-0.39, 0.29) is 6.03 Å². The molecule has 0 aliphatic rings. The summed E-state index contributed by atoms with van der Waals surface area (Å²) in [6.45, 7) is 5.82. The summed E-state index contributed by atoms with van der Waals surface area (Å²) >= 11 is 1.56. The van der Waals surface area contributed by atoms with Gasteiger partial charge < -0.3 is 15.3 Å². The summed E-state index contributed by atoms with van der Waals surface area (Å²) in [7, 11) is 1.65. The van der Waals surface area contributed by atoms with E-state index in [4.69, 9.17) is 5.11 Å². The SMILES string of the molecule is CN(Cc1cccs1)C(=O)N[C@H](C(=O)O)C(C)(C)C. The first-order valence-corrected chi connectivity index (χ1v) is 6.86. The van der Waals surface area contributed by atoms with Gasteiger partial charge in [-0.2, -0.15) is 0 Å². The number of carbonyl (C=O) groups excluding carboxylic acids is 1. The predicted molar refractivity (Wildman–Crippen MR) is 75.2 cm³/mol. The molecule has 1 aromatic rings. The van der Waals surface area contributed by atoms with Gasteiger partial charge in [-0.25, -0.2) is 9.59 Å². The molecular weight excluding hydrogens is 264 g/mol. The van der Waals surface area contributed by atoms with Gasteiger partial charge in [0.2, 0.25) is 0 Å². The van der Waals surface area contributed by atoms with Crippen molar-refractivity contribution in [2.24, 2.45) is 5.41 Å². The molecule has 0 saturated carbocycles. The zero-order chi connectivity index (χ0) is 14.6. The predicted octanol–water partition coefficient (Wildman–Crippen LogP) is 2.39. The van der Waals surface area contributed by atoms with Crippen LogP contribution in [0.1, 0.15) is 25.6 Å². The van der Waals surface area contributed by atoms with E-state index in [9.17, 15) is 9.59 Å². The topological polar surface area (TPSA) is 69.6 Å². The zero-order valence-electron chi connectivity index (χ0n) is 11.6. The fourth-order valence-electron chi connectivity index (χ4n) is 1.59. The summed E-state index contributed by atoms with van der Waals surface area (Å²) in [5, 5.41) is 13.7. The maximum atomic E-state index is 12.0. The standard InChI is InChI=1S/C13H20N2O3S/c1-13(2,3)10(11(16)17)14-12(18)15(4)8-9-6-5-7-19-9/h5-7,10H,8H2,1-4H3,(H,14,18)(H,16,17)/t10-/m1/s1. The Morgan fingerprint density at radius 3 is 2.53 bits per heavy atom. The molecule has 19 heavy (non-hydrogen) atoms. The van der Waals surface area contributed by atoms with Crippen LogP contribution in [0.25, 0.3) is 0 Å². The maximum Gasteiger partial charge on any atom is 0.326 e. The van der Waals surface area contributed by atoms with Gasteiger partial charge >= 0.3 is 12.0 Å². The molecule has 1 rings (SSSR count). The summed E-state index contributed by atoms with van der Waals surface area (Å²) in [5.74, 6) is -1.02. The Bertz CT molecular complexity index is 437. The number of aliphatic carboxylic acids is 1. The van der Waals surface area contributed by atoms with Gasteiger partial charge in [0.15, 0.2) is 0 Å². The molecule has 0 fully saturated rings. The smallest absolute Gasteiger partial charge is 0.326 e. The molecule has 2 N–H and O–H groups in total. The van der Waals surface area contributed by atoms with Crippen LogP contribution in [0.3, 0.4) is 0 Å². The monoisotopic (exact) mass is 284 g/mol. The Morgan fingerprint density at radius 2 is 2.11 bits per heavy atom. The lowest BCUT2D eigenvalue weighted by Crippen LogP contribution is -2.52. The first kappa shape index (κ1) is 15.5. The molecule has 5 nitrogen and oxygen atoms in total. The highest BCUT2D eigenvalue weighted by atomic mass is 32.1. The number of amides is 2. The van der Waals surface area contributed by atoms with Crippen LogP contribution in [-0.4, -0.2) is 35.1 Å². The largest absolute Gasteiger partial charge is 0.480 e. The molecule has 0 spiro atoms. The van der Waals surface area contributed by atoms with Crippen molar-refractivity contribution in [1.82, 2.24) is 10.2 Å². The highest BCUT2D eigenvalue weighted by molar-refractivity contribution is 7.09. The number of rotatable bonds is 4. The van der Waals surface area contributed by atoms with Gasteiger partial charge in [-0.3, -0.25) is 0 Å². The number of carboxylic acids is 1. The van der Waals surface area contributed by atoms with E-state index in [0.29, 0.717) is 6.54 Å². The van der Waals surface area contributed by atoms with Gasteiger partial charge in [-0.1, -0.05) is 26.8 Å². The summed E-state index contributed by atoms with van der Waals surface area (Å²) in [5.41, 5.74) is -0.536. The molecule has 1 atom stereocenters. The van der Waals surface area contributed by atoms with E-state index in [0.717, 1.165) is 4.88 Å². The Balaban J connectivity index is 2.64. The fourth-order valence-corrected chi connectivity index (χ4v) is 2.35. The second kappa shape index (κ2) is 6.06. The van der Waals surface area contributed by atoms with Crippen LogP contribution in [0.5, 0.6) is 0 Å². The first-order valence-electron chi connectivity index (χ1n) is 5.98. The molecule has 1 aromatic heterocycles. The molecule has 0 bridgehead atoms. The third-order valence-electron chi connectivity index (χ3n) is 2.70. The van der Waals surface area contributed by atoms with E-state index in [1.54, 1.807) is 39.2 Å². The molecule has 0 unspecified atom stereocenters. The lowest BCUT2D eigenvalue weighted by Gasteiger charge is -2.29. The van der Waals surface area contributed by atoms with Crippen molar-refractivity contribution in [3.63, 3.8) is 0 Å². The molecular formula is C13H20N2O3S. The number of hydrogen-bond donors (Lipinski definition) is 2. The van der Waals surface area contributed by atoms with Crippen molar-refractivity contribution in [1.29, 1.82) is 0 Å². The van der Waals surface area contributed by atoms with Gasteiger partial charge in [-0.15, -0.1) is 11.3 Å². The normalized spacial score (nSPS) is 12.8. The van der Waals surface area contributed by atoms with Crippen molar-refractivity contribution in [3.05, 3.63) is 22.4 Å². The van der Waals surface area contributed by atoms with Gasteiger partial charge in [0, 0.05) is 11.9 Å². The first-order chi connectivity index (χ1) is 8.71. The number of carboxylic acid groups (broad SMARTS) is 1. The van der Waals surface area contributed by atoms with Crippen molar-refractivity contribution in [2.45, 2.75) is 33.4 Å². The Morgan fingerprint density at radius 1 is 1.47 bits per heavy atom. The lowest BCUT2D eigenvalue weighted by atomic mass is 9.87. The Hall–Kier alpha value is -1.56. The van der Waals surface area contributed by atoms with Crippen molar-refractivity contribution >= 4 is 23.3 Å². The van der Waals surface area contributed by atoms with Crippen LogP contribution in [0.2, 0.25) is 0 Å². The lowest BCUT2D eigenvalue weighted by molar-refractivity contribution is -0.142. The van der Waals surface area contributed by atoms with E-state index < -0.39 is 17.4 Å². The average molecular weight is 284 g/mol. The molecule has 2 amide bonds. The van der Waals surface area contributed by atoms with Crippen LogP contribution in [0, 0.1) is 5.41 Å². The van der Waals surface area contributed by atoms with Crippen molar-refractivity contribution in [2.75, 3.05) is 7.05 Å². The number of urea groups is 1. The van der Waals surface area contributed by atoms with Crippen LogP contribution in [0.15, 0.2) is 17.5 Å². The van der Waals surface area contributed by atoms with Crippen LogP contribution >= 0.6 is 11.3 Å². The Labute approximate surface area is 117 Å². The highest BCUT2D eigenvalue weighted by Gasteiger charge is 2.33. The number of hydrogen-bond acceptors (Lipinski definition) is 3. The number of carbonyl (C=O) groups is 2. The average Bonchev–Trinajstić information content (AvgIpc) is 2.75. The van der Waals surface area contributed by atoms with E-state index >= 15 is 0 Å². The van der Waals surface area contributed by atoms with Crippen molar-refractivity contribution < 1.29 is 14.7 Å². The highest BCUT2D eigenvalue weighted by Crippen LogP contribution is 2.20. The van der Waals surface area contributed by atoms with E-state index in [1.807, 2.05) is 17.5 Å². The second-order valence-corrected chi connectivity index (χ2v) is 6.55. The second-order valence-electron chi connectivity index (χ2n) is 5.52. The van der Waals surface area contributed by atoms with Crippen LogP contribution in [-0.2, 0) is 11.3 Å². The molecule has 0 aliphatic heterocycles. The van der Waals surface area contributed by atoms with Gasteiger partial charge in [0.25, 0.3) is 0 Å². The Kier molecular flexibility index (Phi) is 4.94. The molecule has 0 saturated heterocycles. The molecule has 6 heteroatoms.